The Morgan fingerprint density at radius 1 is 1.44 bits per heavy atom. The first-order chi connectivity index (χ1) is 11.8. The lowest BCUT2D eigenvalue weighted by Crippen LogP contribution is -2.48. The van der Waals surface area contributed by atoms with Crippen LogP contribution in [0.1, 0.15) is 30.2 Å². The van der Waals surface area contributed by atoms with Crippen molar-refractivity contribution in [3.05, 3.63) is 27.1 Å². The molecule has 0 bridgehead atoms. The van der Waals surface area contributed by atoms with Crippen LogP contribution < -0.4 is 10.9 Å². The molecule has 134 valence electrons. The van der Waals surface area contributed by atoms with Crippen molar-refractivity contribution in [2.45, 2.75) is 44.7 Å². The highest BCUT2D eigenvalue weighted by molar-refractivity contribution is 7.91. The third-order valence-corrected chi connectivity index (χ3v) is 8.05. The number of nitrogens with zero attached hydrogens (tertiary/aromatic N) is 2. The summed E-state index contributed by atoms with van der Waals surface area (Å²) in [6.45, 7) is 1.58. The highest BCUT2D eigenvalue weighted by Gasteiger charge is 2.39. The fourth-order valence-electron chi connectivity index (χ4n) is 3.77. The molecule has 1 amide bonds. The summed E-state index contributed by atoms with van der Waals surface area (Å²) in [6.07, 6.45) is 4.73. The van der Waals surface area contributed by atoms with E-state index < -0.39 is 15.4 Å². The van der Waals surface area contributed by atoms with Gasteiger partial charge in [0.1, 0.15) is 11.4 Å². The smallest absolute Gasteiger partial charge is 0.262 e. The van der Waals surface area contributed by atoms with Crippen LogP contribution in [0.3, 0.4) is 0 Å². The maximum absolute atomic E-state index is 12.8. The Kier molecular flexibility index (Phi) is 3.77. The van der Waals surface area contributed by atoms with E-state index in [4.69, 9.17) is 0 Å². The number of nitrogens with one attached hydrogen (secondary N) is 1. The maximum atomic E-state index is 12.8. The van der Waals surface area contributed by atoms with Crippen molar-refractivity contribution < 1.29 is 13.2 Å². The summed E-state index contributed by atoms with van der Waals surface area (Å²) >= 11 is 1.56. The lowest BCUT2D eigenvalue weighted by atomic mass is 10.0. The molecule has 1 atom stereocenters. The van der Waals surface area contributed by atoms with Gasteiger partial charge >= 0.3 is 0 Å². The highest BCUT2D eigenvalue weighted by Crippen LogP contribution is 2.34. The molecule has 3 heterocycles. The average molecular weight is 381 g/mol. The molecule has 0 saturated carbocycles. The molecule has 1 N–H and O–H groups in total. The number of aromatic nitrogens is 2. The van der Waals surface area contributed by atoms with Gasteiger partial charge in [0.2, 0.25) is 5.91 Å². The number of sulfone groups is 1. The lowest BCUT2D eigenvalue weighted by molar-refractivity contribution is -0.123. The number of aryl methyl sites for hydroxylation is 2. The van der Waals surface area contributed by atoms with E-state index in [0.29, 0.717) is 11.8 Å². The van der Waals surface area contributed by atoms with Gasteiger partial charge < -0.3 is 5.32 Å². The minimum atomic E-state index is -3.10. The fraction of sp³-hybridized carbons (Fsp3) is 0.562. The topological polar surface area (TPSA) is 98.1 Å². The zero-order valence-corrected chi connectivity index (χ0v) is 15.5. The molecule has 25 heavy (non-hydrogen) atoms. The normalized spacial score (nSPS) is 24.5. The third-order valence-electron chi connectivity index (χ3n) is 4.95. The van der Waals surface area contributed by atoms with E-state index in [0.717, 1.165) is 29.7 Å². The van der Waals surface area contributed by atoms with Crippen LogP contribution in [0.15, 0.2) is 11.1 Å². The molecule has 2 aromatic heterocycles. The lowest BCUT2D eigenvalue weighted by Gasteiger charge is -2.24. The molecule has 0 unspecified atom stereocenters. The van der Waals surface area contributed by atoms with E-state index in [1.807, 2.05) is 0 Å². The number of hydrogen-bond acceptors (Lipinski definition) is 6. The average Bonchev–Trinajstić information content (AvgIpc) is 3.14. The van der Waals surface area contributed by atoms with Gasteiger partial charge in [-0.3, -0.25) is 14.2 Å². The minimum absolute atomic E-state index is 0.0596. The number of thiophene rings is 1. The van der Waals surface area contributed by atoms with E-state index in [1.165, 1.54) is 15.8 Å². The van der Waals surface area contributed by atoms with Crippen molar-refractivity contribution in [2.24, 2.45) is 0 Å². The van der Waals surface area contributed by atoms with Crippen LogP contribution in [0.5, 0.6) is 0 Å². The first-order valence-electron chi connectivity index (χ1n) is 8.27. The van der Waals surface area contributed by atoms with Crippen LogP contribution in [0.2, 0.25) is 0 Å². The van der Waals surface area contributed by atoms with Gasteiger partial charge in [0.15, 0.2) is 9.84 Å². The number of carbonyl (C=O) groups is 1. The Hall–Kier alpha value is -1.74. The molecule has 2 aromatic rings. The van der Waals surface area contributed by atoms with Crippen molar-refractivity contribution in [1.82, 2.24) is 14.9 Å². The Labute approximate surface area is 149 Å². The number of rotatable bonds is 3. The first kappa shape index (κ1) is 16.7. The van der Waals surface area contributed by atoms with E-state index in [-0.39, 0.29) is 29.5 Å². The number of fused-ring (bicyclic) bond motifs is 3. The molecule has 0 spiro atoms. The SMILES string of the molecule is C[C@@]1(NC(=O)Cn2cnc3sc4c(c3c2=O)CCC4)CCS(=O)(=O)C1. The quantitative estimate of drug-likeness (QED) is 0.841. The summed E-state index contributed by atoms with van der Waals surface area (Å²) in [7, 11) is -3.10. The Bertz CT molecular complexity index is 1040. The van der Waals surface area contributed by atoms with Crippen LogP contribution >= 0.6 is 11.3 Å². The van der Waals surface area contributed by atoms with Gasteiger partial charge in [-0.25, -0.2) is 13.4 Å². The van der Waals surface area contributed by atoms with E-state index in [1.54, 1.807) is 18.3 Å². The molecule has 0 aromatic carbocycles. The molecular formula is C16H19N3O4S2. The molecule has 2 aliphatic rings. The molecule has 7 nitrogen and oxygen atoms in total. The largest absolute Gasteiger partial charge is 0.348 e. The molecule has 1 fully saturated rings. The van der Waals surface area contributed by atoms with Crippen LogP contribution in [0.25, 0.3) is 10.2 Å². The van der Waals surface area contributed by atoms with Crippen LogP contribution in [-0.2, 0) is 34.0 Å². The minimum Gasteiger partial charge on any atom is -0.348 e. The standard InChI is InChI=1S/C16H19N3O4S2/c1-16(5-6-25(22,23)8-16)18-12(20)7-19-9-17-14-13(15(19)21)10-3-2-4-11(10)24-14/h9H,2-8H2,1H3,(H,18,20)/t16-/m1/s1. The monoisotopic (exact) mass is 381 g/mol. The summed E-state index contributed by atoms with van der Waals surface area (Å²) in [5.74, 6) is -0.344. The molecule has 1 aliphatic heterocycles. The molecule has 1 aliphatic carbocycles. The van der Waals surface area contributed by atoms with Gasteiger partial charge in [-0.05, 0) is 38.2 Å². The van der Waals surface area contributed by atoms with Crippen molar-refractivity contribution in [2.75, 3.05) is 11.5 Å². The predicted molar refractivity (Wildman–Crippen MR) is 95.7 cm³/mol. The molecule has 4 rings (SSSR count). The molecule has 1 saturated heterocycles. The zero-order valence-electron chi connectivity index (χ0n) is 13.9. The Balaban J connectivity index is 1.58. The van der Waals surface area contributed by atoms with Gasteiger partial charge in [-0.1, -0.05) is 0 Å². The Morgan fingerprint density at radius 2 is 2.24 bits per heavy atom. The molecule has 0 radical (unpaired) electrons. The van der Waals surface area contributed by atoms with Crippen molar-refractivity contribution in [1.29, 1.82) is 0 Å². The van der Waals surface area contributed by atoms with Gasteiger partial charge in [-0.2, -0.15) is 0 Å². The first-order valence-corrected chi connectivity index (χ1v) is 10.9. The van der Waals surface area contributed by atoms with Crippen LogP contribution in [0.4, 0.5) is 0 Å². The van der Waals surface area contributed by atoms with Crippen LogP contribution in [-0.4, -0.2) is 40.9 Å². The second-order valence-electron chi connectivity index (χ2n) is 7.17. The van der Waals surface area contributed by atoms with Gasteiger partial charge in [-0.15, -0.1) is 11.3 Å². The van der Waals surface area contributed by atoms with E-state index in [2.05, 4.69) is 10.3 Å². The number of amides is 1. The van der Waals surface area contributed by atoms with Gasteiger partial charge in [0.05, 0.1) is 28.8 Å². The van der Waals surface area contributed by atoms with Crippen molar-refractivity contribution >= 4 is 37.3 Å². The summed E-state index contributed by atoms with van der Waals surface area (Å²) in [5.41, 5.74) is 0.130. The van der Waals surface area contributed by atoms with Crippen molar-refractivity contribution in [3.8, 4) is 0 Å². The third kappa shape index (κ3) is 2.99. The summed E-state index contributed by atoms with van der Waals surface area (Å²) in [4.78, 5) is 31.4. The summed E-state index contributed by atoms with van der Waals surface area (Å²) in [5, 5.41) is 3.42. The fourth-order valence-corrected chi connectivity index (χ4v) is 7.08. The maximum Gasteiger partial charge on any atom is 0.262 e. The number of hydrogen-bond donors (Lipinski definition) is 1. The van der Waals surface area contributed by atoms with Gasteiger partial charge in [0, 0.05) is 4.88 Å². The zero-order chi connectivity index (χ0) is 17.8. The summed E-state index contributed by atoms with van der Waals surface area (Å²) < 4.78 is 24.6. The van der Waals surface area contributed by atoms with E-state index in [9.17, 15) is 18.0 Å². The van der Waals surface area contributed by atoms with Crippen molar-refractivity contribution in [3.63, 3.8) is 0 Å². The molecule has 9 heteroatoms. The second kappa shape index (κ2) is 5.63. The molecular weight excluding hydrogens is 362 g/mol. The van der Waals surface area contributed by atoms with Crippen LogP contribution in [0, 0.1) is 0 Å². The number of carbonyl (C=O) groups excluding carboxylic acids is 1. The Morgan fingerprint density at radius 3 is 2.96 bits per heavy atom. The van der Waals surface area contributed by atoms with E-state index >= 15 is 0 Å². The summed E-state index contributed by atoms with van der Waals surface area (Å²) in [6, 6.07) is 0. The highest BCUT2D eigenvalue weighted by atomic mass is 32.2. The predicted octanol–water partition coefficient (Wildman–Crippen LogP) is 0.640. The second-order valence-corrected chi connectivity index (χ2v) is 10.4. The van der Waals surface area contributed by atoms with Gasteiger partial charge in [0.25, 0.3) is 5.56 Å².